The van der Waals surface area contributed by atoms with Crippen molar-refractivity contribution in [1.82, 2.24) is 0 Å². The van der Waals surface area contributed by atoms with E-state index in [2.05, 4.69) is 0 Å². The second kappa shape index (κ2) is 2.95. The topological polar surface area (TPSA) is 29.5 Å². The highest BCUT2D eigenvalue weighted by atomic mass is 19.1. The van der Waals surface area contributed by atoms with Crippen LogP contribution >= 0.6 is 0 Å². The third-order valence-electron chi connectivity index (χ3n) is 2.37. The van der Waals surface area contributed by atoms with Crippen molar-refractivity contribution in [3.05, 3.63) is 29.1 Å². The van der Waals surface area contributed by atoms with E-state index >= 15 is 0 Å². The number of hydrogen-bond acceptors (Lipinski definition) is 2. The first-order valence-electron chi connectivity index (χ1n) is 4.63. The quantitative estimate of drug-likeness (QED) is 0.744. The molecule has 0 spiro atoms. The normalized spacial score (nSPS) is 17.7. The summed E-state index contributed by atoms with van der Waals surface area (Å²) >= 11 is 0. The van der Waals surface area contributed by atoms with Gasteiger partial charge in [0.2, 0.25) is 0 Å². The fraction of sp³-hybridized carbons (Fsp3) is 0.455. The minimum absolute atomic E-state index is 0.184. The molecule has 0 atom stereocenters. The van der Waals surface area contributed by atoms with E-state index in [1.54, 1.807) is 0 Å². The van der Waals surface area contributed by atoms with Gasteiger partial charge in [0.15, 0.2) is 0 Å². The first-order valence-corrected chi connectivity index (χ1v) is 4.63. The van der Waals surface area contributed by atoms with Gasteiger partial charge in [-0.3, -0.25) is 0 Å². The fourth-order valence-electron chi connectivity index (χ4n) is 1.86. The molecule has 0 bridgehead atoms. The van der Waals surface area contributed by atoms with Crippen molar-refractivity contribution < 1.29 is 14.2 Å². The zero-order valence-electron chi connectivity index (χ0n) is 8.30. The van der Waals surface area contributed by atoms with Gasteiger partial charge in [0.25, 0.3) is 0 Å². The molecule has 1 aromatic carbocycles. The lowest BCUT2D eigenvalue weighted by Gasteiger charge is -2.17. The van der Waals surface area contributed by atoms with Crippen molar-refractivity contribution in [2.45, 2.75) is 32.5 Å². The Morgan fingerprint density at radius 1 is 1.50 bits per heavy atom. The Bertz CT molecular complexity index is 372. The molecule has 1 N–H and O–H groups in total. The summed E-state index contributed by atoms with van der Waals surface area (Å²) in [7, 11) is 0. The van der Waals surface area contributed by atoms with E-state index in [1.807, 2.05) is 13.8 Å². The molecule has 3 heteroatoms. The summed E-state index contributed by atoms with van der Waals surface area (Å²) in [6.07, 6.45) is 0.688. The van der Waals surface area contributed by atoms with Crippen LogP contribution in [-0.4, -0.2) is 10.7 Å². The third kappa shape index (κ3) is 1.48. The standard InChI is InChI=1S/C11H13FO2/c1-11(2)5-7-3-9(12)4-8(6-13)10(7)14-11/h3-4,13H,5-6H2,1-2H3. The minimum Gasteiger partial charge on any atom is -0.487 e. The van der Waals surface area contributed by atoms with Gasteiger partial charge in [-0.1, -0.05) is 0 Å². The van der Waals surface area contributed by atoms with Crippen LogP contribution in [0.4, 0.5) is 4.39 Å². The third-order valence-corrected chi connectivity index (χ3v) is 2.37. The predicted octanol–water partition coefficient (Wildman–Crippen LogP) is 2.03. The number of hydrogen-bond donors (Lipinski definition) is 1. The summed E-state index contributed by atoms with van der Waals surface area (Å²) in [4.78, 5) is 0. The molecule has 76 valence electrons. The Hall–Kier alpha value is -1.09. The van der Waals surface area contributed by atoms with Crippen LogP contribution in [0.3, 0.4) is 0 Å². The van der Waals surface area contributed by atoms with Gasteiger partial charge in [0.1, 0.15) is 17.2 Å². The van der Waals surface area contributed by atoms with Crippen molar-refractivity contribution in [3.8, 4) is 5.75 Å². The zero-order valence-corrected chi connectivity index (χ0v) is 8.30. The number of benzene rings is 1. The van der Waals surface area contributed by atoms with Crippen LogP contribution in [0.5, 0.6) is 5.75 Å². The molecule has 14 heavy (non-hydrogen) atoms. The summed E-state index contributed by atoms with van der Waals surface area (Å²) in [5.41, 5.74) is 1.09. The van der Waals surface area contributed by atoms with E-state index in [1.165, 1.54) is 12.1 Å². The molecule has 0 aromatic heterocycles. The van der Waals surface area contributed by atoms with Crippen LogP contribution in [0.2, 0.25) is 0 Å². The van der Waals surface area contributed by atoms with E-state index in [9.17, 15) is 4.39 Å². The Labute approximate surface area is 82.3 Å². The number of ether oxygens (including phenoxy) is 1. The van der Waals surface area contributed by atoms with E-state index < -0.39 is 0 Å². The van der Waals surface area contributed by atoms with Gasteiger partial charge in [-0.05, 0) is 26.0 Å². The maximum Gasteiger partial charge on any atom is 0.129 e. The highest BCUT2D eigenvalue weighted by molar-refractivity contribution is 5.45. The maximum absolute atomic E-state index is 13.1. The molecule has 2 nitrogen and oxygen atoms in total. The lowest BCUT2D eigenvalue weighted by Crippen LogP contribution is -2.24. The van der Waals surface area contributed by atoms with Gasteiger partial charge in [-0.15, -0.1) is 0 Å². The Morgan fingerprint density at radius 3 is 2.86 bits per heavy atom. The van der Waals surface area contributed by atoms with Gasteiger partial charge in [0, 0.05) is 17.5 Å². The fourth-order valence-corrected chi connectivity index (χ4v) is 1.86. The van der Waals surface area contributed by atoms with Gasteiger partial charge < -0.3 is 9.84 Å². The van der Waals surface area contributed by atoms with Crippen molar-refractivity contribution >= 4 is 0 Å². The maximum atomic E-state index is 13.1. The molecule has 0 fully saturated rings. The van der Waals surface area contributed by atoms with Gasteiger partial charge in [0.05, 0.1) is 6.61 Å². The predicted molar refractivity (Wildman–Crippen MR) is 50.7 cm³/mol. The summed E-state index contributed by atoms with van der Waals surface area (Å²) in [6.45, 7) is 3.72. The van der Waals surface area contributed by atoms with E-state index in [-0.39, 0.29) is 18.0 Å². The molecular formula is C11H13FO2. The Balaban J connectivity index is 2.50. The molecule has 0 saturated heterocycles. The van der Waals surface area contributed by atoms with Crippen molar-refractivity contribution in [1.29, 1.82) is 0 Å². The van der Waals surface area contributed by atoms with E-state index in [0.29, 0.717) is 17.7 Å². The molecule has 0 unspecified atom stereocenters. The molecule has 1 aliphatic heterocycles. The average Bonchev–Trinajstić information content (AvgIpc) is 2.37. The monoisotopic (exact) mass is 196 g/mol. The molecule has 1 aliphatic rings. The van der Waals surface area contributed by atoms with Crippen LogP contribution in [0.15, 0.2) is 12.1 Å². The molecule has 1 heterocycles. The SMILES string of the molecule is CC1(C)Cc2cc(F)cc(CO)c2O1. The molecular weight excluding hydrogens is 183 g/mol. The lowest BCUT2D eigenvalue weighted by molar-refractivity contribution is 0.134. The molecule has 2 rings (SSSR count). The summed E-state index contributed by atoms with van der Waals surface area (Å²) in [5.74, 6) is 0.341. The van der Waals surface area contributed by atoms with Crippen LogP contribution in [0.25, 0.3) is 0 Å². The zero-order chi connectivity index (χ0) is 10.3. The van der Waals surface area contributed by atoms with Crippen LogP contribution < -0.4 is 4.74 Å². The van der Waals surface area contributed by atoms with Gasteiger partial charge in [-0.2, -0.15) is 0 Å². The minimum atomic E-state index is -0.311. The number of halogens is 1. The number of aliphatic hydroxyl groups is 1. The molecule has 0 amide bonds. The van der Waals surface area contributed by atoms with Gasteiger partial charge in [-0.25, -0.2) is 4.39 Å². The van der Waals surface area contributed by atoms with E-state index in [4.69, 9.17) is 9.84 Å². The summed E-state index contributed by atoms with van der Waals surface area (Å²) in [6, 6.07) is 2.80. The van der Waals surface area contributed by atoms with Gasteiger partial charge >= 0.3 is 0 Å². The molecule has 0 aliphatic carbocycles. The average molecular weight is 196 g/mol. The highest BCUT2D eigenvalue weighted by Crippen LogP contribution is 2.38. The molecule has 0 saturated carbocycles. The second-order valence-corrected chi connectivity index (χ2v) is 4.25. The van der Waals surface area contributed by atoms with Crippen molar-refractivity contribution in [3.63, 3.8) is 0 Å². The lowest BCUT2D eigenvalue weighted by atomic mass is 10.0. The Morgan fingerprint density at radius 2 is 2.21 bits per heavy atom. The summed E-state index contributed by atoms with van der Waals surface area (Å²) < 4.78 is 18.7. The summed E-state index contributed by atoms with van der Waals surface area (Å²) in [5, 5.41) is 9.05. The number of aliphatic hydroxyl groups excluding tert-OH is 1. The second-order valence-electron chi connectivity index (χ2n) is 4.25. The highest BCUT2D eigenvalue weighted by Gasteiger charge is 2.32. The number of rotatable bonds is 1. The van der Waals surface area contributed by atoms with E-state index in [0.717, 1.165) is 5.56 Å². The molecule has 0 radical (unpaired) electrons. The first kappa shape index (κ1) is 9.46. The largest absolute Gasteiger partial charge is 0.487 e. The first-order chi connectivity index (χ1) is 6.52. The smallest absolute Gasteiger partial charge is 0.129 e. The van der Waals surface area contributed by atoms with Crippen LogP contribution in [0.1, 0.15) is 25.0 Å². The van der Waals surface area contributed by atoms with Crippen LogP contribution in [-0.2, 0) is 13.0 Å². The number of fused-ring (bicyclic) bond motifs is 1. The Kier molecular flexibility index (Phi) is 2.00. The van der Waals surface area contributed by atoms with Crippen LogP contribution in [0, 0.1) is 5.82 Å². The molecule has 1 aromatic rings. The van der Waals surface area contributed by atoms with Crippen molar-refractivity contribution in [2.75, 3.05) is 0 Å². The van der Waals surface area contributed by atoms with Crippen molar-refractivity contribution in [2.24, 2.45) is 0 Å².